The number of nitrogen functional groups attached to an aromatic ring is 1. The summed E-state index contributed by atoms with van der Waals surface area (Å²) in [7, 11) is 0. The Morgan fingerprint density at radius 2 is 1.89 bits per heavy atom. The van der Waals surface area contributed by atoms with Crippen LogP contribution in [0.25, 0.3) is 0 Å². The predicted molar refractivity (Wildman–Crippen MR) is 83.0 cm³/mol. The molecular formula is C12H21Cl2N5. The molecular weight excluding hydrogens is 285 g/mol. The second-order valence-electron chi connectivity index (χ2n) is 4.15. The van der Waals surface area contributed by atoms with Crippen LogP contribution in [0.5, 0.6) is 0 Å². The van der Waals surface area contributed by atoms with Gasteiger partial charge < -0.3 is 15.6 Å². The molecule has 1 aromatic rings. The maximum absolute atomic E-state index is 6.08. The Bertz CT molecular complexity index is 400. The molecule has 1 rings (SSSR count). The highest BCUT2D eigenvalue weighted by atomic mass is 35.5. The number of rotatable bonds is 8. The van der Waals surface area contributed by atoms with E-state index < -0.39 is 0 Å². The minimum atomic E-state index is 0.402. The lowest BCUT2D eigenvalue weighted by Gasteiger charge is -2.20. The molecule has 1 aromatic heterocycles. The van der Waals surface area contributed by atoms with Crippen molar-refractivity contribution >= 4 is 34.8 Å². The molecule has 19 heavy (non-hydrogen) atoms. The molecule has 0 aliphatic carbocycles. The van der Waals surface area contributed by atoms with Gasteiger partial charge in [-0.15, -0.1) is 0 Å². The van der Waals surface area contributed by atoms with Crippen LogP contribution in [0.1, 0.15) is 20.3 Å². The minimum absolute atomic E-state index is 0.402. The van der Waals surface area contributed by atoms with Gasteiger partial charge in [0.05, 0.1) is 10.0 Å². The number of hydrazine groups is 1. The van der Waals surface area contributed by atoms with Crippen molar-refractivity contribution in [2.24, 2.45) is 5.84 Å². The van der Waals surface area contributed by atoms with Gasteiger partial charge in [-0.2, -0.15) is 0 Å². The van der Waals surface area contributed by atoms with E-state index in [1.54, 1.807) is 6.07 Å². The van der Waals surface area contributed by atoms with Crippen LogP contribution in [0.3, 0.4) is 0 Å². The van der Waals surface area contributed by atoms with E-state index in [0.29, 0.717) is 21.7 Å². The minimum Gasteiger partial charge on any atom is -0.367 e. The Balaban J connectivity index is 2.57. The fourth-order valence-electron chi connectivity index (χ4n) is 1.77. The van der Waals surface area contributed by atoms with E-state index in [4.69, 9.17) is 29.0 Å². The third-order valence-corrected chi connectivity index (χ3v) is 3.35. The molecule has 0 aliphatic heterocycles. The molecule has 0 saturated heterocycles. The number of nitrogens with two attached hydrogens (primary N) is 1. The number of pyridine rings is 1. The molecule has 7 heteroatoms. The number of nitrogens with one attached hydrogen (secondary N) is 2. The molecule has 0 aromatic carbocycles. The summed E-state index contributed by atoms with van der Waals surface area (Å²) in [5.74, 6) is 6.33. The lowest BCUT2D eigenvalue weighted by atomic mass is 10.4. The Morgan fingerprint density at radius 3 is 2.47 bits per heavy atom. The zero-order valence-corrected chi connectivity index (χ0v) is 12.9. The quantitative estimate of drug-likeness (QED) is 0.509. The first-order valence-electron chi connectivity index (χ1n) is 6.41. The molecule has 0 spiro atoms. The maximum Gasteiger partial charge on any atom is 0.161 e. The van der Waals surface area contributed by atoms with E-state index >= 15 is 0 Å². The molecule has 0 aliphatic rings. The van der Waals surface area contributed by atoms with Gasteiger partial charge in [0.25, 0.3) is 0 Å². The molecule has 0 amide bonds. The lowest BCUT2D eigenvalue weighted by Crippen LogP contribution is -2.29. The number of hydrogen-bond acceptors (Lipinski definition) is 5. The first-order valence-corrected chi connectivity index (χ1v) is 7.16. The monoisotopic (exact) mass is 305 g/mol. The number of nitrogens with zero attached hydrogens (tertiary/aromatic N) is 2. The Hall–Kier alpha value is -0.750. The molecule has 0 unspecified atom stereocenters. The first-order chi connectivity index (χ1) is 9.12. The number of anilines is 2. The smallest absolute Gasteiger partial charge is 0.161 e. The second kappa shape index (κ2) is 8.43. The van der Waals surface area contributed by atoms with Crippen LogP contribution < -0.4 is 16.6 Å². The van der Waals surface area contributed by atoms with Crippen LogP contribution in [0.4, 0.5) is 11.6 Å². The van der Waals surface area contributed by atoms with Crippen LogP contribution in [-0.2, 0) is 0 Å². The molecule has 0 atom stereocenters. The van der Waals surface area contributed by atoms with E-state index in [2.05, 4.69) is 34.5 Å². The predicted octanol–water partition coefficient (Wildman–Crippen LogP) is 2.82. The highest BCUT2D eigenvalue weighted by Crippen LogP contribution is 2.28. The van der Waals surface area contributed by atoms with Crippen molar-refractivity contribution in [2.45, 2.75) is 20.3 Å². The summed E-state index contributed by atoms with van der Waals surface area (Å²) in [6.07, 6.45) is 1.15. The average Bonchev–Trinajstić information content (AvgIpc) is 2.40. The van der Waals surface area contributed by atoms with Gasteiger partial charge in [-0.25, -0.2) is 10.8 Å². The third-order valence-electron chi connectivity index (χ3n) is 2.77. The van der Waals surface area contributed by atoms with Crippen molar-refractivity contribution in [2.75, 3.05) is 36.9 Å². The lowest BCUT2D eigenvalue weighted by molar-refractivity contribution is 0.300. The fraction of sp³-hybridized carbons (Fsp3) is 0.583. The van der Waals surface area contributed by atoms with Crippen molar-refractivity contribution in [3.05, 3.63) is 16.1 Å². The highest BCUT2D eigenvalue weighted by Gasteiger charge is 2.08. The first kappa shape index (κ1) is 16.3. The van der Waals surface area contributed by atoms with Crippen molar-refractivity contribution < 1.29 is 0 Å². The van der Waals surface area contributed by atoms with Crippen molar-refractivity contribution in [3.63, 3.8) is 0 Å². The zero-order valence-electron chi connectivity index (χ0n) is 11.3. The van der Waals surface area contributed by atoms with Gasteiger partial charge in [0.2, 0.25) is 0 Å². The number of likely N-dealkylation sites (N-methyl/N-ethyl adjacent to an activating group) is 1. The summed E-state index contributed by atoms with van der Waals surface area (Å²) in [5.41, 5.74) is 2.44. The molecule has 1 heterocycles. The molecule has 5 nitrogen and oxygen atoms in total. The SMILES string of the molecule is CCCN(CC)CCNc1nc(NN)c(Cl)cc1Cl. The van der Waals surface area contributed by atoms with Crippen LogP contribution in [-0.4, -0.2) is 36.1 Å². The Kier molecular flexibility index (Phi) is 7.23. The van der Waals surface area contributed by atoms with Crippen LogP contribution >= 0.6 is 23.2 Å². The fourth-order valence-corrected chi connectivity index (χ4v) is 2.25. The normalized spacial score (nSPS) is 10.8. The molecule has 0 radical (unpaired) electrons. The summed E-state index contributed by atoms with van der Waals surface area (Å²) in [6.45, 7) is 8.16. The van der Waals surface area contributed by atoms with Crippen LogP contribution in [0.15, 0.2) is 6.07 Å². The van der Waals surface area contributed by atoms with Gasteiger partial charge in [-0.05, 0) is 25.6 Å². The summed E-state index contributed by atoms with van der Waals surface area (Å²) in [6, 6.07) is 1.62. The Labute approximate surface area is 124 Å². The summed E-state index contributed by atoms with van der Waals surface area (Å²) in [5, 5.41) is 4.09. The van der Waals surface area contributed by atoms with E-state index in [1.165, 1.54) is 0 Å². The molecule has 0 bridgehead atoms. The molecule has 0 fully saturated rings. The van der Waals surface area contributed by atoms with Crippen LogP contribution in [0, 0.1) is 0 Å². The van der Waals surface area contributed by atoms with Crippen molar-refractivity contribution in [3.8, 4) is 0 Å². The van der Waals surface area contributed by atoms with E-state index in [-0.39, 0.29) is 0 Å². The largest absolute Gasteiger partial charge is 0.367 e. The zero-order chi connectivity index (χ0) is 14.3. The summed E-state index contributed by atoms with van der Waals surface area (Å²) >= 11 is 12.0. The molecule has 0 saturated carbocycles. The number of hydrogen-bond donors (Lipinski definition) is 3. The van der Waals surface area contributed by atoms with Gasteiger partial charge in [0.15, 0.2) is 5.82 Å². The van der Waals surface area contributed by atoms with E-state index in [1.807, 2.05) is 0 Å². The van der Waals surface area contributed by atoms with E-state index in [0.717, 1.165) is 32.6 Å². The van der Waals surface area contributed by atoms with Gasteiger partial charge in [-0.1, -0.05) is 37.0 Å². The van der Waals surface area contributed by atoms with E-state index in [9.17, 15) is 0 Å². The molecule has 108 valence electrons. The third kappa shape index (κ3) is 5.03. The standard InChI is InChI=1S/C12H21Cl2N5/c1-3-6-19(4-2)7-5-16-11-9(13)8-10(14)12(17-11)18-15/h8H,3-7,15H2,1-2H3,(H2,16,17,18). The summed E-state index contributed by atoms with van der Waals surface area (Å²) < 4.78 is 0. The second-order valence-corrected chi connectivity index (χ2v) is 4.97. The van der Waals surface area contributed by atoms with Crippen molar-refractivity contribution in [1.29, 1.82) is 0 Å². The van der Waals surface area contributed by atoms with Gasteiger partial charge in [0.1, 0.15) is 5.82 Å². The van der Waals surface area contributed by atoms with Crippen LogP contribution in [0.2, 0.25) is 10.0 Å². The van der Waals surface area contributed by atoms with Crippen molar-refractivity contribution in [1.82, 2.24) is 9.88 Å². The van der Waals surface area contributed by atoms with Gasteiger partial charge in [-0.3, -0.25) is 0 Å². The number of aromatic nitrogens is 1. The average molecular weight is 306 g/mol. The number of halogens is 2. The molecule has 4 N–H and O–H groups in total. The topological polar surface area (TPSA) is 66.2 Å². The Morgan fingerprint density at radius 1 is 1.21 bits per heavy atom. The van der Waals surface area contributed by atoms with Gasteiger partial charge >= 0.3 is 0 Å². The highest BCUT2D eigenvalue weighted by molar-refractivity contribution is 6.37. The van der Waals surface area contributed by atoms with Gasteiger partial charge in [0, 0.05) is 13.1 Å². The maximum atomic E-state index is 6.08. The summed E-state index contributed by atoms with van der Waals surface area (Å²) in [4.78, 5) is 6.59.